The minimum atomic E-state index is -0.496. The van der Waals surface area contributed by atoms with Crippen LogP contribution in [0, 0.1) is 5.82 Å². The van der Waals surface area contributed by atoms with E-state index < -0.39 is 5.91 Å². The number of nitrogens with zero attached hydrogens (tertiary/aromatic N) is 2. The van der Waals surface area contributed by atoms with Gasteiger partial charge in [-0.05, 0) is 36.4 Å². The maximum atomic E-state index is 13.1. The van der Waals surface area contributed by atoms with Crippen molar-refractivity contribution in [2.45, 2.75) is 0 Å². The average Bonchev–Trinajstić information content (AvgIpc) is 2.81. The topological polar surface area (TPSA) is 60.9 Å². The highest BCUT2D eigenvalue weighted by Crippen LogP contribution is 2.19. The third kappa shape index (κ3) is 1.95. The van der Waals surface area contributed by atoms with E-state index in [1.54, 1.807) is 35.1 Å². The van der Waals surface area contributed by atoms with Gasteiger partial charge in [0.15, 0.2) is 0 Å². The Morgan fingerprint density at radius 2 is 2.05 bits per heavy atom. The van der Waals surface area contributed by atoms with Crippen LogP contribution in [0.3, 0.4) is 0 Å². The van der Waals surface area contributed by atoms with Gasteiger partial charge >= 0.3 is 0 Å². The van der Waals surface area contributed by atoms with Crippen LogP contribution in [0.5, 0.6) is 0 Å². The van der Waals surface area contributed by atoms with E-state index in [-0.39, 0.29) is 5.82 Å². The maximum Gasteiger partial charge on any atom is 0.248 e. The quantitative estimate of drug-likeness (QED) is 0.763. The normalized spacial score (nSPS) is 10.8. The van der Waals surface area contributed by atoms with Crippen molar-refractivity contribution in [1.29, 1.82) is 0 Å². The average molecular weight is 255 g/mol. The lowest BCUT2D eigenvalue weighted by atomic mass is 10.2. The molecule has 0 unspecified atom stereocenters. The molecule has 19 heavy (non-hydrogen) atoms. The summed E-state index contributed by atoms with van der Waals surface area (Å²) in [5, 5.41) is 4.90. The van der Waals surface area contributed by atoms with Crippen LogP contribution < -0.4 is 5.73 Å². The molecule has 0 bridgehead atoms. The summed E-state index contributed by atoms with van der Waals surface area (Å²) >= 11 is 0. The molecular formula is C14H10FN3O. The number of carbonyl (C=O) groups is 1. The van der Waals surface area contributed by atoms with Gasteiger partial charge in [0, 0.05) is 10.9 Å². The number of halogens is 1. The summed E-state index contributed by atoms with van der Waals surface area (Å²) in [7, 11) is 0. The highest BCUT2D eigenvalue weighted by Gasteiger charge is 2.07. The second kappa shape index (κ2) is 4.20. The molecule has 0 atom stereocenters. The number of hydrogen-bond acceptors (Lipinski definition) is 2. The molecule has 94 valence electrons. The Kier molecular flexibility index (Phi) is 2.52. The summed E-state index contributed by atoms with van der Waals surface area (Å²) in [6.45, 7) is 0. The second-order valence-corrected chi connectivity index (χ2v) is 4.17. The van der Waals surface area contributed by atoms with E-state index in [0.717, 1.165) is 5.52 Å². The Hall–Kier alpha value is -2.69. The molecule has 1 aromatic heterocycles. The number of hydrogen-bond donors (Lipinski definition) is 1. The molecule has 0 aliphatic rings. The fourth-order valence-corrected chi connectivity index (χ4v) is 2.00. The molecule has 0 saturated heterocycles. The highest BCUT2D eigenvalue weighted by molar-refractivity contribution is 5.93. The molecule has 2 N–H and O–H groups in total. The first kappa shape index (κ1) is 11.4. The Morgan fingerprint density at radius 3 is 2.84 bits per heavy atom. The predicted octanol–water partition coefficient (Wildman–Crippen LogP) is 2.26. The van der Waals surface area contributed by atoms with E-state index >= 15 is 0 Å². The van der Waals surface area contributed by atoms with Gasteiger partial charge in [-0.3, -0.25) is 4.79 Å². The van der Waals surface area contributed by atoms with Crippen LogP contribution in [0.4, 0.5) is 4.39 Å². The minimum Gasteiger partial charge on any atom is -0.366 e. The fraction of sp³-hybridized carbons (Fsp3) is 0. The summed E-state index contributed by atoms with van der Waals surface area (Å²) in [6.07, 6.45) is 1.58. The van der Waals surface area contributed by atoms with Crippen molar-refractivity contribution in [1.82, 2.24) is 9.78 Å². The summed E-state index contributed by atoms with van der Waals surface area (Å²) in [5.74, 6) is -0.803. The van der Waals surface area contributed by atoms with E-state index in [9.17, 15) is 9.18 Å². The molecular weight excluding hydrogens is 245 g/mol. The van der Waals surface area contributed by atoms with E-state index in [4.69, 9.17) is 5.73 Å². The van der Waals surface area contributed by atoms with Crippen molar-refractivity contribution in [3.8, 4) is 5.69 Å². The third-order valence-electron chi connectivity index (χ3n) is 2.91. The zero-order valence-corrected chi connectivity index (χ0v) is 9.88. The number of rotatable bonds is 2. The van der Waals surface area contributed by atoms with Crippen molar-refractivity contribution in [2.75, 3.05) is 0 Å². The van der Waals surface area contributed by atoms with Gasteiger partial charge in [0.05, 0.1) is 17.4 Å². The lowest BCUT2D eigenvalue weighted by Gasteiger charge is -2.05. The number of carbonyl (C=O) groups excluding carboxylic acids is 1. The van der Waals surface area contributed by atoms with Crippen LogP contribution in [-0.2, 0) is 0 Å². The number of amides is 1. The summed E-state index contributed by atoms with van der Waals surface area (Å²) < 4.78 is 14.8. The first-order valence-electron chi connectivity index (χ1n) is 5.69. The first-order chi connectivity index (χ1) is 9.15. The van der Waals surface area contributed by atoms with Crippen LogP contribution in [-0.4, -0.2) is 15.7 Å². The van der Waals surface area contributed by atoms with E-state index in [1.807, 2.05) is 6.07 Å². The smallest absolute Gasteiger partial charge is 0.248 e. The number of aromatic nitrogens is 2. The van der Waals surface area contributed by atoms with Gasteiger partial charge in [0.2, 0.25) is 5.91 Å². The zero-order chi connectivity index (χ0) is 13.4. The predicted molar refractivity (Wildman–Crippen MR) is 69.5 cm³/mol. The molecule has 0 saturated carbocycles. The maximum absolute atomic E-state index is 13.1. The van der Waals surface area contributed by atoms with Crippen molar-refractivity contribution in [2.24, 2.45) is 5.73 Å². The number of fused-ring (bicyclic) bond motifs is 1. The highest BCUT2D eigenvalue weighted by atomic mass is 19.1. The Bertz CT molecular complexity index is 779. The molecule has 1 amide bonds. The van der Waals surface area contributed by atoms with Gasteiger partial charge in [-0.15, -0.1) is 0 Å². The molecule has 0 spiro atoms. The molecule has 0 fully saturated rings. The van der Waals surface area contributed by atoms with Gasteiger partial charge < -0.3 is 5.73 Å². The molecule has 3 aromatic rings. The lowest BCUT2D eigenvalue weighted by Crippen LogP contribution is -2.11. The number of primary amides is 1. The third-order valence-corrected chi connectivity index (χ3v) is 2.91. The SMILES string of the molecule is NC(=O)c1cccc(-n2ncc3cc(F)ccc32)c1. The van der Waals surface area contributed by atoms with Crippen LogP contribution >= 0.6 is 0 Å². The molecule has 0 aliphatic carbocycles. The van der Waals surface area contributed by atoms with Gasteiger partial charge in [0.1, 0.15) is 5.82 Å². The van der Waals surface area contributed by atoms with Crippen LogP contribution in [0.15, 0.2) is 48.7 Å². The molecule has 3 rings (SSSR count). The van der Waals surface area contributed by atoms with Gasteiger partial charge in [-0.1, -0.05) is 6.07 Å². The van der Waals surface area contributed by atoms with Crippen molar-refractivity contribution in [3.63, 3.8) is 0 Å². The summed E-state index contributed by atoms with van der Waals surface area (Å²) in [4.78, 5) is 11.2. The van der Waals surface area contributed by atoms with E-state index in [2.05, 4.69) is 5.10 Å². The van der Waals surface area contributed by atoms with Crippen molar-refractivity contribution >= 4 is 16.8 Å². The molecule has 5 heteroatoms. The van der Waals surface area contributed by atoms with Crippen LogP contribution in [0.25, 0.3) is 16.6 Å². The van der Waals surface area contributed by atoms with Crippen LogP contribution in [0.1, 0.15) is 10.4 Å². The van der Waals surface area contributed by atoms with E-state index in [0.29, 0.717) is 16.6 Å². The Labute approximate surface area is 108 Å². The largest absolute Gasteiger partial charge is 0.366 e. The molecule has 0 radical (unpaired) electrons. The van der Waals surface area contributed by atoms with Crippen molar-refractivity contribution in [3.05, 3.63) is 60.0 Å². The monoisotopic (exact) mass is 255 g/mol. The zero-order valence-electron chi connectivity index (χ0n) is 9.88. The summed E-state index contributed by atoms with van der Waals surface area (Å²) in [6, 6.07) is 11.3. The Balaban J connectivity index is 2.19. The molecule has 1 heterocycles. The lowest BCUT2D eigenvalue weighted by molar-refractivity contribution is 0.100. The molecule has 0 aliphatic heterocycles. The fourth-order valence-electron chi connectivity index (χ4n) is 2.00. The van der Waals surface area contributed by atoms with Gasteiger partial charge in [-0.2, -0.15) is 5.10 Å². The van der Waals surface area contributed by atoms with Crippen molar-refractivity contribution < 1.29 is 9.18 Å². The number of benzene rings is 2. The standard InChI is InChI=1S/C14H10FN3O/c15-11-4-5-13-10(6-11)8-17-18(13)12-3-1-2-9(7-12)14(16)19/h1-8H,(H2,16,19). The minimum absolute atomic E-state index is 0.307. The second-order valence-electron chi connectivity index (χ2n) is 4.17. The number of nitrogens with two attached hydrogens (primary N) is 1. The molecule has 2 aromatic carbocycles. The van der Waals surface area contributed by atoms with Gasteiger partial charge in [-0.25, -0.2) is 9.07 Å². The van der Waals surface area contributed by atoms with Crippen LogP contribution in [0.2, 0.25) is 0 Å². The molecule has 4 nitrogen and oxygen atoms in total. The Morgan fingerprint density at radius 1 is 1.21 bits per heavy atom. The first-order valence-corrected chi connectivity index (χ1v) is 5.69. The van der Waals surface area contributed by atoms with E-state index in [1.165, 1.54) is 12.1 Å². The summed E-state index contributed by atoms with van der Waals surface area (Å²) in [5.41, 5.74) is 7.13. The van der Waals surface area contributed by atoms with Gasteiger partial charge in [0.25, 0.3) is 0 Å².